The minimum atomic E-state index is -4.40. The van der Waals surface area contributed by atoms with Crippen LogP contribution in [0.2, 0.25) is 0 Å². The van der Waals surface area contributed by atoms with Gasteiger partial charge in [0, 0.05) is 26.0 Å². The van der Waals surface area contributed by atoms with E-state index in [2.05, 4.69) is 15.3 Å². The molecule has 0 amide bonds. The lowest BCUT2D eigenvalue weighted by Crippen LogP contribution is -2.38. The number of guanidine groups is 1. The molecule has 1 aromatic carbocycles. The van der Waals surface area contributed by atoms with Gasteiger partial charge in [0.25, 0.3) is 0 Å². The number of halogens is 3. The Morgan fingerprint density at radius 2 is 2.00 bits per heavy atom. The Morgan fingerprint density at radius 3 is 2.57 bits per heavy atom. The SMILES string of the molecule is CN=C(NCc1nc(C(F)(F)F)cs1)N(C)Cc1ccccc1. The van der Waals surface area contributed by atoms with E-state index in [1.165, 1.54) is 0 Å². The van der Waals surface area contributed by atoms with E-state index in [0.717, 1.165) is 22.3 Å². The van der Waals surface area contributed by atoms with Gasteiger partial charge in [-0.25, -0.2) is 4.98 Å². The number of rotatable bonds is 4. The zero-order valence-corrected chi connectivity index (χ0v) is 13.6. The molecule has 0 saturated carbocycles. The van der Waals surface area contributed by atoms with Crippen LogP contribution in [-0.4, -0.2) is 29.9 Å². The summed E-state index contributed by atoms with van der Waals surface area (Å²) in [5, 5.41) is 4.42. The van der Waals surface area contributed by atoms with E-state index in [0.29, 0.717) is 17.5 Å². The molecule has 0 atom stereocenters. The van der Waals surface area contributed by atoms with Gasteiger partial charge in [-0.2, -0.15) is 13.2 Å². The first-order valence-electron chi connectivity index (χ1n) is 6.87. The third-order valence-electron chi connectivity index (χ3n) is 3.08. The Morgan fingerprint density at radius 1 is 1.30 bits per heavy atom. The molecule has 1 N–H and O–H groups in total. The molecule has 23 heavy (non-hydrogen) atoms. The number of nitrogens with one attached hydrogen (secondary N) is 1. The molecule has 1 heterocycles. The maximum absolute atomic E-state index is 12.5. The average molecular weight is 342 g/mol. The molecular formula is C15H17F3N4S. The molecule has 4 nitrogen and oxygen atoms in total. The molecule has 0 radical (unpaired) electrons. The zero-order valence-electron chi connectivity index (χ0n) is 12.8. The van der Waals surface area contributed by atoms with Gasteiger partial charge in [-0.3, -0.25) is 4.99 Å². The smallest absolute Gasteiger partial charge is 0.350 e. The molecule has 0 aliphatic heterocycles. The summed E-state index contributed by atoms with van der Waals surface area (Å²) >= 11 is 0.977. The second-order valence-electron chi connectivity index (χ2n) is 4.87. The normalized spacial score (nSPS) is 12.3. The van der Waals surface area contributed by atoms with Gasteiger partial charge in [-0.1, -0.05) is 30.3 Å². The molecule has 0 fully saturated rings. The van der Waals surface area contributed by atoms with E-state index in [4.69, 9.17) is 0 Å². The van der Waals surface area contributed by atoms with Crippen molar-refractivity contribution in [2.24, 2.45) is 4.99 Å². The highest BCUT2D eigenvalue weighted by Crippen LogP contribution is 2.29. The van der Waals surface area contributed by atoms with Crippen LogP contribution >= 0.6 is 11.3 Å². The number of hydrogen-bond acceptors (Lipinski definition) is 3. The van der Waals surface area contributed by atoms with Crippen molar-refractivity contribution in [3.05, 3.63) is 52.0 Å². The second-order valence-corrected chi connectivity index (χ2v) is 5.81. The van der Waals surface area contributed by atoms with Crippen molar-refractivity contribution in [3.63, 3.8) is 0 Å². The molecule has 0 spiro atoms. The zero-order chi connectivity index (χ0) is 16.9. The maximum atomic E-state index is 12.5. The quantitative estimate of drug-likeness (QED) is 0.684. The monoisotopic (exact) mass is 342 g/mol. The Kier molecular flexibility index (Phi) is 5.59. The molecule has 0 aliphatic rings. The van der Waals surface area contributed by atoms with Crippen molar-refractivity contribution >= 4 is 17.3 Å². The maximum Gasteiger partial charge on any atom is 0.434 e. The van der Waals surface area contributed by atoms with Crippen LogP contribution in [0.4, 0.5) is 13.2 Å². The topological polar surface area (TPSA) is 40.5 Å². The van der Waals surface area contributed by atoms with Gasteiger partial charge >= 0.3 is 6.18 Å². The lowest BCUT2D eigenvalue weighted by molar-refractivity contribution is -0.140. The van der Waals surface area contributed by atoms with Gasteiger partial charge in [0.05, 0.1) is 6.54 Å². The van der Waals surface area contributed by atoms with Crippen LogP contribution in [0.5, 0.6) is 0 Å². The Hall–Kier alpha value is -2.09. The molecule has 2 rings (SSSR count). The van der Waals surface area contributed by atoms with Crippen molar-refractivity contribution in [1.82, 2.24) is 15.2 Å². The molecule has 0 unspecified atom stereocenters. The van der Waals surface area contributed by atoms with E-state index in [1.807, 2.05) is 42.3 Å². The first-order valence-corrected chi connectivity index (χ1v) is 7.75. The number of aromatic nitrogens is 1. The minimum Gasteiger partial charge on any atom is -0.350 e. The number of aliphatic imine (C=N–C) groups is 1. The predicted octanol–water partition coefficient (Wildman–Crippen LogP) is 3.37. The van der Waals surface area contributed by atoms with Crippen molar-refractivity contribution in [1.29, 1.82) is 0 Å². The summed E-state index contributed by atoms with van der Waals surface area (Å²) < 4.78 is 37.6. The van der Waals surface area contributed by atoms with Gasteiger partial charge in [0.1, 0.15) is 5.01 Å². The van der Waals surface area contributed by atoms with Crippen molar-refractivity contribution in [2.75, 3.05) is 14.1 Å². The number of nitrogens with zero attached hydrogens (tertiary/aromatic N) is 3. The van der Waals surface area contributed by atoms with Crippen LogP contribution in [0.25, 0.3) is 0 Å². The molecule has 0 bridgehead atoms. The lowest BCUT2D eigenvalue weighted by atomic mass is 10.2. The van der Waals surface area contributed by atoms with E-state index in [-0.39, 0.29) is 6.54 Å². The summed E-state index contributed by atoms with van der Waals surface area (Å²) in [4.78, 5) is 9.63. The fourth-order valence-electron chi connectivity index (χ4n) is 1.99. The number of benzene rings is 1. The standard InChI is InChI=1S/C15H17F3N4S/c1-19-14(22(2)9-11-6-4-3-5-7-11)20-8-13-21-12(10-23-13)15(16,17)18/h3-7,10H,8-9H2,1-2H3,(H,19,20). The van der Waals surface area contributed by atoms with Crippen LogP contribution in [0, 0.1) is 0 Å². The Labute approximate surface area is 136 Å². The number of alkyl halides is 3. The van der Waals surface area contributed by atoms with Crippen LogP contribution in [0.3, 0.4) is 0 Å². The summed E-state index contributed by atoms with van der Waals surface area (Å²) in [6.07, 6.45) is -4.40. The lowest BCUT2D eigenvalue weighted by Gasteiger charge is -2.21. The number of thiazole rings is 1. The highest BCUT2D eigenvalue weighted by molar-refractivity contribution is 7.09. The van der Waals surface area contributed by atoms with Crippen LogP contribution in [0.15, 0.2) is 40.7 Å². The van der Waals surface area contributed by atoms with Crippen LogP contribution < -0.4 is 5.32 Å². The van der Waals surface area contributed by atoms with Crippen LogP contribution in [0.1, 0.15) is 16.3 Å². The first kappa shape index (κ1) is 17.3. The average Bonchev–Trinajstić information content (AvgIpc) is 2.98. The van der Waals surface area contributed by atoms with E-state index >= 15 is 0 Å². The predicted molar refractivity (Wildman–Crippen MR) is 85.2 cm³/mol. The fraction of sp³-hybridized carbons (Fsp3) is 0.333. The highest BCUT2D eigenvalue weighted by atomic mass is 32.1. The minimum absolute atomic E-state index is 0.201. The van der Waals surface area contributed by atoms with Crippen molar-refractivity contribution in [3.8, 4) is 0 Å². The van der Waals surface area contributed by atoms with Gasteiger partial charge in [-0.15, -0.1) is 11.3 Å². The Balaban J connectivity index is 1.93. The Bertz CT molecular complexity index is 652. The number of hydrogen-bond donors (Lipinski definition) is 1. The molecule has 0 aliphatic carbocycles. The molecule has 2 aromatic rings. The van der Waals surface area contributed by atoms with Crippen molar-refractivity contribution in [2.45, 2.75) is 19.3 Å². The molecule has 8 heteroatoms. The van der Waals surface area contributed by atoms with Gasteiger partial charge < -0.3 is 10.2 Å². The summed E-state index contributed by atoms with van der Waals surface area (Å²) in [7, 11) is 3.50. The second kappa shape index (κ2) is 7.45. The largest absolute Gasteiger partial charge is 0.434 e. The van der Waals surface area contributed by atoms with E-state index in [1.54, 1.807) is 7.05 Å². The molecule has 0 saturated heterocycles. The first-order chi connectivity index (χ1) is 10.9. The van der Waals surface area contributed by atoms with Gasteiger partial charge in [0.2, 0.25) is 0 Å². The van der Waals surface area contributed by atoms with Gasteiger partial charge in [0.15, 0.2) is 11.7 Å². The molecular weight excluding hydrogens is 325 g/mol. The van der Waals surface area contributed by atoms with Gasteiger partial charge in [-0.05, 0) is 5.56 Å². The van der Waals surface area contributed by atoms with Crippen molar-refractivity contribution < 1.29 is 13.2 Å². The highest BCUT2D eigenvalue weighted by Gasteiger charge is 2.33. The summed E-state index contributed by atoms with van der Waals surface area (Å²) in [5.41, 5.74) is 0.262. The van der Waals surface area contributed by atoms with E-state index < -0.39 is 11.9 Å². The third-order valence-corrected chi connectivity index (χ3v) is 3.92. The van der Waals surface area contributed by atoms with Crippen LogP contribution in [-0.2, 0) is 19.3 Å². The molecule has 124 valence electrons. The summed E-state index contributed by atoms with van der Waals surface area (Å²) in [6.45, 7) is 0.846. The summed E-state index contributed by atoms with van der Waals surface area (Å²) in [5.74, 6) is 0.595. The van der Waals surface area contributed by atoms with E-state index in [9.17, 15) is 13.2 Å². The third kappa shape index (κ3) is 4.95. The molecule has 1 aromatic heterocycles. The fourth-order valence-corrected chi connectivity index (χ4v) is 2.73. The summed E-state index contributed by atoms with van der Waals surface area (Å²) in [6, 6.07) is 9.85.